The molecule has 0 spiro atoms. The summed E-state index contributed by atoms with van der Waals surface area (Å²) >= 11 is 1.46. The quantitative estimate of drug-likeness (QED) is 0.850. The number of amides is 1. The molecule has 0 aromatic carbocycles. The van der Waals surface area contributed by atoms with Gasteiger partial charge in [0, 0.05) is 31.4 Å². The zero-order valence-electron chi connectivity index (χ0n) is 13.4. The summed E-state index contributed by atoms with van der Waals surface area (Å²) < 4.78 is 5.02. The van der Waals surface area contributed by atoms with E-state index in [1.165, 1.54) is 11.3 Å². The van der Waals surface area contributed by atoms with Crippen molar-refractivity contribution in [3.63, 3.8) is 0 Å². The summed E-state index contributed by atoms with van der Waals surface area (Å²) in [7, 11) is 2.08. The summed E-state index contributed by atoms with van der Waals surface area (Å²) in [5.41, 5.74) is 2.26. The third-order valence-electron chi connectivity index (χ3n) is 4.22. The number of hydrogen-bond donors (Lipinski definition) is 0. The molecule has 1 fully saturated rings. The SMILES string of the molecule is Cc1nc(CN(C)[C@@H]2CCCN(C(=O)c3cscn3)CC2)no1. The highest BCUT2D eigenvalue weighted by Crippen LogP contribution is 2.19. The van der Waals surface area contributed by atoms with Gasteiger partial charge in [0.25, 0.3) is 5.91 Å². The summed E-state index contributed by atoms with van der Waals surface area (Å²) in [6, 6.07) is 0.419. The largest absolute Gasteiger partial charge is 0.340 e. The van der Waals surface area contributed by atoms with E-state index in [2.05, 4.69) is 27.1 Å². The van der Waals surface area contributed by atoms with E-state index in [0.717, 1.165) is 32.4 Å². The second-order valence-corrected chi connectivity index (χ2v) is 6.61. The van der Waals surface area contributed by atoms with Crippen molar-refractivity contribution < 1.29 is 9.32 Å². The van der Waals surface area contributed by atoms with Gasteiger partial charge in [0.2, 0.25) is 5.89 Å². The molecule has 1 aliphatic rings. The predicted molar refractivity (Wildman–Crippen MR) is 86.2 cm³/mol. The lowest BCUT2D eigenvalue weighted by molar-refractivity contribution is 0.0752. The number of thiazole rings is 1. The van der Waals surface area contributed by atoms with Gasteiger partial charge in [-0.1, -0.05) is 5.16 Å². The minimum Gasteiger partial charge on any atom is -0.340 e. The average molecular weight is 335 g/mol. The van der Waals surface area contributed by atoms with Gasteiger partial charge >= 0.3 is 0 Å². The molecule has 1 atom stereocenters. The van der Waals surface area contributed by atoms with Crippen LogP contribution in [0.15, 0.2) is 15.4 Å². The Balaban J connectivity index is 1.56. The zero-order chi connectivity index (χ0) is 16.2. The predicted octanol–water partition coefficient (Wildman–Crippen LogP) is 1.96. The highest BCUT2D eigenvalue weighted by atomic mass is 32.1. The Morgan fingerprint density at radius 1 is 1.48 bits per heavy atom. The number of rotatable bonds is 4. The summed E-state index contributed by atoms with van der Waals surface area (Å²) in [5, 5.41) is 5.77. The Hall–Kier alpha value is -1.80. The van der Waals surface area contributed by atoms with Crippen LogP contribution in [-0.4, -0.2) is 57.0 Å². The van der Waals surface area contributed by atoms with Gasteiger partial charge in [-0.15, -0.1) is 11.3 Å². The summed E-state index contributed by atoms with van der Waals surface area (Å²) in [4.78, 5) is 25.0. The standard InChI is InChI=1S/C15H21N5O2S/c1-11-17-14(18-22-11)8-19(2)12-4-3-6-20(7-5-12)15(21)13-9-23-10-16-13/h9-10,12H,3-8H2,1-2H3/t12-/m1/s1. The monoisotopic (exact) mass is 335 g/mol. The molecule has 1 saturated heterocycles. The van der Waals surface area contributed by atoms with E-state index in [1.54, 1.807) is 12.4 Å². The van der Waals surface area contributed by atoms with E-state index >= 15 is 0 Å². The Kier molecular flexibility index (Phi) is 5.02. The molecule has 3 rings (SSSR count). The van der Waals surface area contributed by atoms with Crippen molar-refractivity contribution >= 4 is 17.2 Å². The van der Waals surface area contributed by atoms with Crippen LogP contribution in [0.3, 0.4) is 0 Å². The fourth-order valence-electron chi connectivity index (χ4n) is 2.96. The van der Waals surface area contributed by atoms with Crippen LogP contribution in [0.5, 0.6) is 0 Å². The number of nitrogens with zero attached hydrogens (tertiary/aromatic N) is 5. The first-order chi connectivity index (χ1) is 11.1. The first-order valence-electron chi connectivity index (χ1n) is 7.80. The van der Waals surface area contributed by atoms with Crippen molar-refractivity contribution in [3.05, 3.63) is 28.3 Å². The Morgan fingerprint density at radius 3 is 3.04 bits per heavy atom. The van der Waals surface area contributed by atoms with E-state index < -0.39 is 0 Å². The summed E-state index contributed by atoms with van der Waals surface area (Å²) in [6.45, 7) is 4.02. The molecule has 0 radical (unpaired) electrons. The molecule has 0 N–H and O–H groups in total. The first-order valence-corrected chi connectivity index (χ1v) is 8.74. The molecule has 0 bridgehead atoms. The second-order valence-electron chi connectivity index (χ2n) is 5.90. The third kappa shape index (κ3) is 3.94. The van der Waals surface area contributed by atoms with Crippen LogP contribution < -0.4 is 0 Å². The van der Waals surface area contributed by atoms with Crippen LogP contribution in [0.1, 0.15) is 41.5 Å². The molecular weight excluding hydrogens is 314 g/mol. The Bertz CT molecular complexity index is 642. The molecule has 124 valence electrons. The molecule has 23 heavy (non-hydrogen) atoms. The number of aromatic nitrogens is 3. The van der Waals surface area contributed by atoms with E-state index in [1.807, 2.05) is 10.3 Å². The first kappa shape index (κ1) is 16.1. The van der Waals surface area contributed by atoms with Crippen LogP contribution in [-0.2, 0) is 6.54 Å². The molecule has 8 heteroatoms. The third-order valence-corrected chi connectivity index (χ3v) is 4.81. The van der Waals surface area contributed by atoms with Crippen LogP contribution >= 0.6 is 11.3 Å². The molecule has 2 aromatic heterocycles. The number of aryl methyl sites for hydroxylation is 1. The normalized spacial score (nSPS) is 19.1. The van der Waals surface area contributed by atoms with Crippen molar-refractivity contribution in [3.8, 4) is 0 Å². The fraction of sp³-hybridized carbons (Fsp3) is 0.600. The second kappa shape index (κ2) is 7.18. The Morgan fingerprint density at radius 2 is 2.35 bits per heavy atom. The minimum atomic E-state index is 0.0448. The number of carbonyl (C=O) groups excluding carboxylic acids is 1. The van der Waals surface area contributed by atoms with Gasteiger partial charge in [-0.2, -0.15) is 4.98 Å². The van der Waals surface area contributed by atoms with Gasteiger partial charge < -0.3 is 9.42 Å². The summed E-state index contributed by atoms with van der Waals surface area (Å²) in [5.74, 6) is 1.35. The van der Waals surface area contributed by atoms with Gasteiger partial charge in [-0.25, -0.2) is 4.98 Å². The van der Waals surface area contributed by atoms with Crippen LogP contribution in [0.25, 0.3) is 0 Å². The number of hydrogen-bond acceptors (Lipinski definition) is 7. The lowest BCUT2D eigenvalue weighted by Gasteiger charge is -2.26. The van der Waals surface area contributed by atoms with Crippen LogP contribution in [0, 0.1) is 6.92 Å². The molecule has 7 nitrogen and oxygen atoms in total. The lowest BCUT2D eigenvalue weighted by Crippen LogP contribution is -2.35. The van der Waals surface area contributed by atoms with Gasteiger partial charge in [0.1, 0.15) is 5.69 Å². The fourth-order valence-corrected chi connectivity index (χ4v) is 3.49. The maximum absolute atomic E-state index is 12.4. The van der Waals surface area contributed by atoms with Crippen molar-refractivity contribution in [1.29, 1.82) is 0 Å². The van der Waals surface area contributed by atoms with Crippen molar-refractivity contribution in [2.75, 3.05) is 20.1 Å². The number of carbonyl (C=O) groups is 1. The maximum Gasteiger partial charge on any atom is 0.273 e. The maximum atomic E-state index is 12.4. The zero-order valence-corrected chi connectivity index (χ0v) is 14.3. The average Bonchev–Trinajstić information content (AvgIpc) is 3.13. The van der Waals surface area contributed by atoms with Crippen molar-refractivity contribution in [2.45, 2.75) is 38.8 Å². The van der Waals surface area contributed by atoms with Gasteiger partial charge in [0.05, 0.1) is 12.1 Å². The van der Waals surface area contributed by atoms with Gasteiger partial charge in [-0.05, 0) is 26.3 Å². The Labute approximate surface area is 139 Å². The van der Waals surface area contributed by atoms with Crippen molar-refractivity contribution in [1.82, 2.24) is 24.9 Å². The van der Waals surface area contributed by atoms with E-state index in [9.17, 15) is 4.79 Å². The highest BCUT2D eigenvalue weighted by molar-refractivity contribution is 7.07. The number of likely N-dealkylation sites (tertiary alicyclic amines) is 1. The highest BCUT2D eigenvalue weighted by Gasteiger charge is 2.25. The molecular formula is C15H21N5O2S. The van der Waals surface area contributed by atoms with Gasteiger partial charge in [-0.3, -0.25) is 9.69 Å². The van der Waals surface area contributed by atoms with E-state index in [4.69, 9.17) is 4.52 Å². The molecule has 1 amide bonds. The van der Waals surface area contributed by atoms with Gasteiger partial charge in [0.15, 0.2) is 5.82 Å². The van der Waals surface area contributed by atoms with Crippen LogP contribution in [0.4, 0.5) is 0 Å². The molecule has 2 aromatic rings. The van der Waals surface area contributed by atoms with E-state index in [-0.39, 0.29) is 5.91 Å². The molecule has 0 unspecified atom stereocenters. The topological polar surface area (TPSA) is 75.4 Å². The lowest BCUT2D eigenvalue weighted by atomic mass is 10.1. The summed E-state index contributed by atoms with van der Waals surface area (Å²) in [6.07, 6.45) is 3.01. The molecule has 0 saturated carbocycles. The van der Waals surface area contributed by atoms with Crippen LogP contribution in [0.2, 0.25) is 0 Å². The molecule has 1 aliphatic heterocycles. The smallest absolute Gasteiger partial charge is 0.273 e. The van der Waals surface area contributed by atoms with E-state index in [0.29, 0.717) is 30.0 Å². The minimum absolute atomic E-state index is 0.0448. The molecule has 3 heterocycles. The molecule has 0 aliphatic carbocycles. The van der Waals surface area contributed by atoms with Crippen molar-refractivity contribution in [2.24, 2.45) is 0 Å².